The molecule has 3 aromatic rings. The van der Waals surface area contributed by atoms with E-state index in [1.54, 1.807) is 12.1 Å². The summed E-state index contributed by atoms with van der Waals surface area (Å²) in [6, 6.07) is 14.0. The van der Waals surface area contributed by atoms with Crippen LogP contribution in [0.2, 0.25) is 0 Å². The van der Waals surface area contributed by atoms with Gasteiger partial charge in [0.1, 0.15) is 0 Å². The highest BCUT2D eigenvalue weighted by Crippen LogP contribution is 2.18. The number of benzene rings is 2. The van der Waals surface area contributed by atoms with Crippen LogP contribution < -0.4 is 10.5 Å². The first kappa shape index (κ1) is 18.4. The van der Waals surface area contributed by atoms with Gasteiger partial charge >= 0.3 is 0 Å². The molecule has 4 N–H and O–H groups in total. The molecule has 7 nitrogen and oxygen atoms in total. The predicted octanol–water partition coefficient (Wildman–Crippen LogP) is 1.66. The minimum absolute atomic E-state index is 0.0764. The Morgan fingerprint density at radius 3 is 2.58 bits per heavy atom. The Labute approximate surface area is 155 Å². The molecular formula is C17H18N4O3S2. The first-order chi connectivity index (χ1) is 12.4. The number of hydrogen-bond acceptors (Lipinski definition) is 5. The van der Waals surface area contributed by atoms with E-state index in [0.29, 0.717) is 18.1 Å². The van der Waals surface area contributed by atoms with E-state index >= 15 is 0 Å². The highest BCUT2D eigenvalue weighted by atomic mass is 32.2. The van der Waals surface area contributed by atoms with E-state index in [9.17, 15) is 13.2 Å². The van der Waals surface area contributed by atoms with Crippen molar-refractivity contribution in [3.63, 3.8) is 0 Å². The van der Waals surface area contributed by atoms with Gasteiger partial charge < -0.3 is 10.3 Å². The van der Waals surface area contributed by atoms with Gasteiger partial charge in [-0.05, 0) is 36.2 Å². The van der Waals surface area contributed by atoms with Gasteiger partial charge in [-0.15, -0.1) is 0 Å². The second-order valence-electron chi connectivity index (χ2n) is 5.64. The van der Waals surface area contributed by atoms with Crippen molar-refractivity contribution >= 4 is 38.7 Å². The Bertz CT molecular complexity index is 981. The summed E-state index contributed by atoms with van der Waals surface area (Å²) < 4.78 is 22.4. The van der Waals surface area contributed by atoms with Gasteiger partial charge in [0.2, 0.25) is 15.9 Å². The number of amides is 1. The number of fused-ring (bicyclic) bond motifs is 1. The van der Waals surface area contributed by atoms with Crippen LogP contribution in [-0.4, -0.2) is 36.6 Å². The first-order valence-corrected chi connectivity index (χ1v) is 10.4. The van der Waals surface area contributed by atoms with Gasteiger partial charge in [-0.25, -0.2) is 18.5 Å². The highest BCUT2D eigenvalue weighted by molar-refractivity contribution is 7.99. The summed E-state index contributed by atoms with van der Waals surface area (Å²) in [7, 11) is -3.68. The van der Waals surface area contributed by atoms with Crippen LogP contribution in [0.1, 0.15) is 5.56 Å². The van der Waals surface area contributed by atoms with E-state index in [1.165, 1.54) is 23.9 Å². The molecule has 0 radical (unpaired) electrons. The molecule has 136 valence electrons. The minimum atomic E-state index is -3.68. The Morgan fingerprint density at radius 2 is 1.88 bits per heavy atom. The van der Waals surface area contributed by atoms with Gasteiger partial charge in [0.05, 0.1) is 21.7 Å². The molecule has 0 aliphatic rings. The summed E-state index contributed by atoms with van der Waals surface area (Å²) in [6.07, 6.45) is 0.603. The molecule has 0 aliphatic heterocycles. The third kappa shape index (κ3) is 4.84. The molecule has 0 saturated carbocycles. The maximum Gasteiger partial charge on any atom is 0.238 e. The molecule has 1 aromatic heterocycles. The monoisotopic (exact) mass is 390 g/mol. The number of hydrogen-bond donors (Lipinski definition) is 3. The maximum atomic E-state index is 11.9. The summed E-state index contributed by atoms with van der Waals surface area (Å²) in [6.45, 7) is 0.467. The summed E-state index contributed by atoms with van der Waals surface area (Å²) in [4.78, 5) is 19.6. The number of imidazole rings is 1. The van der Waals surface area contributed by atoms with Crippen molar-refractivity contribution in [2.45, 2.75) is 16.5 Å². The number of nitrogens with two attached hydrogens (primary N) is 1. The van der Waals surface area contributed by atoms with Crippen molar-refractivity contribution in [3.05, 3.63) is 54.1 Å². The second-order valence-corrected chi connectivity index (χ2v) is 8.16. The van der Waals surface area contributed by atoms with E-state index in [1.807, 2.05) is 24.3 Å². The fourth-order valence-corrected chi connectivity index (χ4v) is 3.61. The number of nitrogens with one attached hydrogen (secondary N) is 2. The van der Waals surface area contributed by atoms with Crippen LogP contribution in [0, 0.1) is 0 Å². The molecule has 0 atom stereocenters. The average Bonchev–Trinajstić information content (AvgIpc) is 3.03. The maximum absolute atomic E-state index is 11.9. The molecule has 1 amide bonds. The van der Waals surface area contributed by atoms with E-state index in [0.717, 1.165) is 16.6 Å². The van der Waals surface area contributed by atoms with E-state index < -0.39 is 10.0 Å². The van der Waals surface area contributed by atoms with E-state index in [-0.39, 0.29) is 16.6 Å². The third-order valence-electron chi connectivity index (χ3n) is 3.70. The van der Waals surface area contributed by atoms with Crippen LogP contribution in [0.15, 0.2) is 58.6 Å². The molecule has 0 aliphatic carbocycles. The molecule has 26 heavy (non-hydrogen) atoms. The molecule has 1 heterocycles. The van der Waals surface area contributed by atoms with E-state index in [4.69, 9.17) is 5.14 Å². The number of carbonyl (C=O) groups is 1. The van der Waals surface area contributed by atoms with Gasteiger partial charge in [-0.3, -0.25) is 4.79 Å². The van der Waals surface area contributed by atoms with Crippen LogP contribution in [-0.2, 0) is 21.2 Å². The molecule has 3 rings (SSSR count). The van der Waals surface area contributed by atoms with Crippen LogP contribution in [0.3, 0.4) is 0 Å². The smallest absolute Gasteiger partial charge is 0.238 e. The molecule has 9 heteroatoms. The van der Waals surface area contributed by atoms with Crippen molar-refractivity contribution in [3.8, 4) is 0 Å². The number of aromatic amines is 1. The standard InChI is InChI=1S/C17H18N4O3S2/c18-26(23,24)13-7-5-12(6-8-13)9-10-19-16(22)11-25-17-20-14-3-1-2-4-15(14)21-17/h1-8H,9-11H2,(H,19,22)(H,20,21)(H2,18,23,24). The normalized spacial score (nSPS) is 11.6. The van der Waals surface area contributed by atoms with Gasteiger partial charge in [0.15, 0.2) is 5.16 Å². The highest BCUT2D eigenvalue weighted by Gasteiger charge is 2.08. The summed E-state index contributed by atoms with van der Waals surface area (Å²) >= 11 is 1.35. The van der Waals surface area contributed by atoms with Crippen molar-refractivity contribution in [1.29, 1.82) is 0 Å². The van der Waals surface area contributed by atoms with Crippen molar-refractivity contribution in [1.82, 2.24) is 15.3 Å². The Balaban J connectivity index is 1.44. The number of thioether (sulfide) groups is 1. The number of primary sulfonamides is 1. The lowest BCUT2D eigenvalue weighted by Crippen LogP contribution is -2.27. The number of carbonyl (C=O) groups excluding carboxylic acids is 1. The van der Waals surface area contributed by atoms with Gasteiger partial charge in [-0.1, -0.05) is 36.0 Å². The summed E-state index contributed by atoms with van der Waals surface area (Å²) in [5.74, 6) is 0.182. The number of H-pyrrole nitrogens is 1. The number of nitrogens with zero attached hydrogens (tertiary/aromatic N) is 1. The lowest BCUT2D eigenvalue weighted by Gasteiger charge is -2.05. The fourth-order valence-electron chi connectivity index (χ4n) is 2.37. The zero-order valence-corrected chi connectivity index (χ0v) is 15.4. The first-order valence-electron chi connectivity index (χ1n) is 7.88. The molecule has 2 aromatic carbocycles. The molecule has 0 saturated heterocycles. The number of rotatable bonds is 7. The largest absolute Gasteiger partial charge is 0.355 e. The van der Waals surface area contributed by atoms with Gasteiger partial charge in [-0.2, -0.15) is 0 Å². The number of sulfonamides is 1. The lowest BCUT2D eigenvalue weighted by molar-refractivity contribution is -0.118. The average molecular weight is 390 g/mol. The Kier molecular flexibility index (Phi) is 5.60. The van der Waals surface area contributed by atoms with Crippen LogP contribution in [0.4, 0.5) is 0 Å². The molecular weight excluding hydrogens is 372 g/mol. The zero-order valence-electron chi connectivity index (χ0n) is 13.8. The topological polar surface area (TPSA) is 118 Å². The lowest BCUT2D eigenvalue weighted by atomic mass is 10.1. The SMILES string of the molecule is NS(=O)(=O)c1ccc(CCNC(=O)CSc2nc3ccccc3[nH]2)cc1. The van der Waals surface area contributed by atoms with Crippen LogP contribution in [0.25, 0.3) is 11.0 Å². The second kappa shape index (κ2) is 7.90. The van der Waals surface area contributed by atoms with Crippen molar-refractivity contribution in [2.24, 2.45) is 5.14 Å². The Morgan fingerprint density at radius 1 is 1.15 bits per heavy atom. The molecule has 0 fully saturated rings. The quantitative estimate of drug-likeness (QED) is 0.530. The van der Waals surface area contributed by atoms with Gasteiger partial charge in [0.25, 0.3) is 0 Å². The zero-order chi connectivity index (χ0) is 18.6. The molecule has 0 bridgehead atoms. The summed E-state index contributed by atoms with van der Waals surface area (Å²) in [5, 5.41) is 8.60. The number of aromatic nitrogens is 2. The predicted molar refractivity (Wildman–Crippen MR) is 101 cm³/mol. The third-order valence-corrected chi connectivity index (χ3v) is 5.50. The molecule has 0 spiro atoms. The molecule has 0 unspecified atom stereocenters. The van der Waals surface area contributed by atoms with E-state index in [2.05, 4.69) is 15.3 Å². The van der Waals surface area contributed by atoms with Crippen molar-refractivity contribution < 1.29 is 13.2 Å². The minimum Gasteiger partial charge on any atom is -0.355 e. The number of para-hydroxylation sites is 2. The van der Waals surface area contributed by atoms with Crippen LogP contribution >= 0.6 is 11.8 Å². The summed E-state index contributed by atoms with van der Waals surface area (Å²) in [5.41, 5.74) is 2.74. The fraction of sp³-hybridized carbons (Fsp3) is 0.176. The van der Waals surface area contributed by atoms with Crippen LogP contribution in [0.5, 0.6) is 0 Å². The van der Waals surface area contributed by atoms with Crippen molar-refractivity contribution in [2.75, 3.05) is 12.3 Å². The van der Waals surface area contributed by atoms with Gasteiger partial charge in [0, 0.05) is 6.54 Å². The Hall–Kier alpha value is -2.36.